The molecule has 1 aliphatic rings. The molecular formula is C14H16N2. The molecule has 1 N–H and O–H groups in total. The lowest BCUT2D eigenvalue weighted by Gasteiger charge is -2.07. The van der Waals surface area contributed by atoms with Gasteiger partial charge in [-0.2, -0.15) is 0 Å². The summed E-state index contributed by atoms with van der Waals surface area (Å²) in [7, 11) is 0. The third-order valence-electron chi connectivity index (χ3n) is 3.06. The topological polar surface area (TPSA) is 24.9 Å². The first-order valence-electron chi connectivity index (χ1n) is 5.87. The van der Waals surface area contributed by atoms with Crippen molar-refractivity contribution >= 4 is 16.7 Å². The summed E-state index contributed by atoms with van der Waals surface area (Å²) in [6, 6.07) is 9.29. The number of hydrogen-bond acceptors (Lipinski definition) is 2. The van der Waals surface area contributed by atoms with Crippen molar-refractivity contribution in [2.45, 2.75) is 32.7 Å². The number of rotatable bonds is 2. The van der Waals surface area contributed by atoms with Gasteiger partial charge in [0.1, 0.15) is 5.82 Å². The van der Waals surface area contributed by atoms with Crippen LogP contribution in [0.1, 0.15) is 24.0 Å². The van der Waals surface area contributed by atoms with E-state index in [0.29, 0.717) is 6.04 Å². The van der Waals surface area contributed by atoms with E-state index in [-0.39, 0.29) is 0 Å². The zero-order valence-corrected chi connectivity index (χ0v) is 9.75. The monoisotopic (exact) mass is 212 g/mol. The molecule has 1 saturated carbocycles. The quantitative estimate of drug-likeness (QED) is 0.825. The van der Waals surface area contributed by atoms with Crippen molar-refractivity contribution in [2.24, 2.45) is 0 Å². The lowest BCUT2D eigenvalue weighted by molar-refractivity contribution is 1.12. The van der Waals surface area contributed by atoms with Gasteiger partial charge in [0, 0.05) is 11.4 Å². The number of nitrogens with one attached hydrogen (secondary N) is 1. The highest BCUT2D eigenvalue weighted by Gasteiger charge is 2.21. The number of hydrogen-bond donors (Lipinski definition) is 1. The molecule has 1 aromatic heterocycles. The summed E-state index contributed by atoms with van der Waals surface area (Å²) in [5.41, 5.74) is 3.68. The highest BCUT2D eigenvalue weighted by molar-refractivity contribution is 5.84. The Morgan fingerprint density at radius 1 is 1.19 bits per heavy atom. The Kier molecular flexibility index (Phi) is 2.10. The molecule has 1 heterocycles. The second kappa shape index (κ2) is 3.48. The van der Waals surface area contributed by atoms with Crippen molar-refractivity contribution in [3.8, 4) is 0 Å². The van der Waals surface area contributed by atoms with Crippen LogP contribution in [-0.2, 0) is 0 Å². The molecular weight excluding hydrogens is 196 g/mol. The molecule has 0 spiro atoms. The van der Waals surface area contributed by atoms with Crippen LogP contribution < -0.4 is 5.32 Å². The Labute approximate surface area is 95.7 Å². The maximum absolute atomic E-state index is 4.68. The van der Waals surface area contributed by atoms with Crippen molar-refractivity contribution in [1.29, 1.82) is 0 Å². The summed E-state index contributed by atoms with van der Waals surface area (Å²) >= 11 is 0. The molecule has 16 heavy (non-hydrogen) atoms. The normalized spacial score (nSPS) is 15.4. The molecule has 1 fully saturated rings. The zero-order valence-electron chi connectivity index (χ0n) is 9.75. The highest BCUT2D eigenvalue weighted by atomic mass is 15.0. The van der Waals surface area contributed by atoms with Crippen LogP contribution in [0.5, 0.6) is 0 Å². The Bertz CT molecular complexity index is 542. The van der Waals surface area contributed by atoms with E-state index in [9.17, 15) is 0 Å². The SMILES string of the molecule is Cc1cc(C)c2nc(NC3CC3)ccc2c1. The Morgan fingerprint density at radius 3 is 2.75 bits per heavy atom. The molecule has 2 nitrogen and oxygen atoms in total. The Morgan fingerprint density at radius 2 is 2.00 bits per heavy atom. The molecule has 2 aromatic rings. The van der Waals surface area contributed by atoms with Gasteiger partial charge < -0.3 is 5.32 Å². The average Bonchev–Trinajstić information content (AvgIpc) is 3.03. The highest BCUT2D eigenvalue weighted by Crippen LogP contribution is 2.26. The second-order valence-corrected chi connectivity index (χ2v) is 4.77. The van der Waals surface area contributed by atoms with E-state index in [0.717, 1.165) is 11.3 Å². The van der Waals surface area contributed by atoms with Crippen LogP contribution in [0.4, 0.5) is 5.82 Å². The van der Waals surface area contributed by atoms with Gasteiger partial charge in [-0.15, -0.1) is 0 Å². The molecule has 1 aliphatic carbocycles. The van der Waals surface area contributed by atoms with Gasteiger partial charge in [-0.25, -0.2) is 4.98 Å². The summed E-state index contributed by atoms with van der Waals surface area (Å²) in [5.74, 6) is 1.02. The van der Waals surface area contributed by atoms with E-state index >= 15 is 0 Å². The van der Waals surface area contributed by atoms with Gasteiger partial charge in [-0.3, -0.25) is 0 Å². The number of aryl methyl sites for hydroxylation is 2. The minimum Gasteiger partial charge on any atom is -0.367 e. The van der Waals surface area contributed by atoms with Crippen LogP contribution in [0.3, 0.4) is 0 Å². The largest absolute Gasteiger partial charge is 0.367 e. The van der Waals surface area contributed by atoms with Crippen LogP contribution in [-0.4, -0.2) is 11.0 Å². The zero-order chi connectivity index (χ0) is 11.1. The first kappa shape index (κ1) is 9.64. The van der Waals surface area contributed by atoms with Crippen molar-refractivity contribution in [2.75, 3.05) is 5.32 Å². The standard InChI is InChI=1S/C14H16N2/c1-9-7-10(2)14-11(8-9)3-6-13(16-14)15-12-4-5-12/h3,6-8,12H,4-5H2,1-2H3,(H,15,16). The number of aromatic nitrogens is 1. The third kappa shape index (κ3) is 1.75. The van der Waals surface area contributed by atoms with Gasteiger partial charge in [-0.1, -0.05) is 11.6 Å². The number of pyridine rings is 1. The van der Waals surface area contributed by atoms with Gasteiger partial charge in [0.2, 0.25) is 0 Å². The Hall–Kier alpha value is -1.57. The predicted octanol–water partition coefficient (Wildman–Crippen LogP) is 3.43. The first-order valence-corrected chi connectivity index (χ1v) is 5.87. The van der Waals surface area contributed by atoms with Crippen molar-refractivity contribution in [3.05, 3.63) is 35.4 Å². The lowest BCUT2D eigenvalue weighted by Crippen LogP contribution is -2.03. The molecule has 2 heteroatoms. The molecule has 3 rings (SSSR count). The van der Waals surface area contributed by atoms with Gasteiger partial charge in [0.25, 0.3) is 0 Å². The molecule has 0 saturated heterocycles. The van der Waals surface area contributed by atoms with Crippen LogP contribution in [0.25, 0.3) is 10.9 Å². The van der Waals surface area contributed by atoms with E-state index in [2.05, 4.69) is 48.4 Å². The summed E-state index contributed by atoms with van der Waals surface area (Å²) < 4.78 is 0. The van der Waals surface area contributed by atoms with Crippen molar-refractivity contribution in [3.63, 3.8) is 0 Å². The van der Waals surface area contributed by atoms with Crippen molar-refractivity contribution < 1.29 is 0 Å². The molecule has 0 radical (unpaired) electrons. The van der Waals surface area contributed by atoms with Gasteiger partial charge in [0.15, 0.2) is 0 Å². The molecule has 0 aliphatic heterocycles. The van der Waals surface area contributed by atoms with Gasteiger partial charge in [-0.05, 0) is 50.5 Å². The predicted molar refractivity (Wildman–Crippen MR) is 67.9 cm³/mol. The average molecular weight is 212 g/mol. The lowest BCUT2D eigenvalue weighted by atomic mass is 10.1. The number of anilines is 1. The van der Waals surface area contributed by atoms with Crippen molar-refractivity contribution in [1.82, 2.24) is 4.98 Å². The van der Waals surface area contributed by atoms with E-state index < -0.39 is 0 Å². The maximum atomic E-state index is 4.68. The third-order valence-corrected chi connectivity index (χ3v) is 3.06. The number of fused-ring (bicyclic) bond motifs is 1. The molecule has 0 bridgehead atoms. The van der Waals surface area contributed by atoms with E-state index in [1.165, 1.54) is 29.4 Å². The summed E-state index contributed by atoms with van der Waals surface area (Å²) in [5, 5.41) is 4.67. The van der Waals surface area contributed by atoms with Gasteiger partial charge in [0.05, 0.1) is 5.52 Å². The molecule has 1 aromatic carbocycles. The molecule has 0 unspecified atom stereocenters. The molecule has 0 atom stereocenters. The minimum atomic E-state index is 0.663. The maximum Gasteiger partial charge on any atom is 0.126 e. The molecule has 82 valence electrons. The smallest absolute Gasteiger partial charge is 0.126 e. The van der Waals surface area contributed by atoms with Gasteiger partial charge >= 0.3 is 0 Å². The van der Waals surface area contributed by atoms with Crippen LogP contribution in [0.15, 0.2) is 24.3 Å². The van der Waals surface area contributed by atoms with E-state index in [4.69, 9.17) is 0 Å². The van der Waals surface area contributed by atoms with Crippen LogP contribution in [0, 0.1) is 13.8 Å². The fourth-order valence-electron chi connectivity index (χ4n) is 2.12. The van der Waals surface area contributed by atoms with E-state index in [1.54, 1.807) is 0 Å². The van der Waals surface area contributed by atoms with E-state index in [1.807, 2.05) is 0 Å². The summed E-state index contributed by atoms with van der Waals surface area (Å²) in [6.07, 6.45) is 2.57. The van der Waals surface area contributed by atoms with Crippen LogP contribution in [0.2, 0.25) is 0 Å². The second-order valence-electron chi connectivity index (χ2n) is 4.77. The Balaban J connectivity index is 2.08. The summed E-state index contributed by atoms with van der Waals surface area (Å²) in [4.78, 5) is 4.68. The first-order chi connectivity index (χ1) is 7.72. The fraction of sp³-hybridized carbons (Fsp3) is 0.357. The summed E-state index contributed by atoms with van der Waals surface area (Å²) in [6.45, 7) is 4.26. The minimum absolute atomic E-state index is 0.663. The number of nitrogens with zero attached hydrogens (tertiary/aromatic N) is 1. The van der Waals surface area contributed by atoms with Crippen LogP contribution >= 0.6 is 0 Å². The fourth-order valence-corrected chi connectivity index (χ4v) is 2.12. The molecule has 0 amide bonds. The number of benzene rings is 1.